The van der Waals surface area contributed by atoms with E-state index in [2.05, 4.69) is 6.92 Å². The van der Waals surface area contributed by atoms with Crippen molar-refractivity contribution in [3.05, 3.63) is 29.6 Å². The topological polar surface area (TPSA) is 35.2 Å². The van der Waals surface area contributed by atoms with Crippen LogP contribution in [0.25, 0.3) is 0 Å². The summed E-state index contributed by atoms with van der Waals surface area (Å²) < 4.78 is 19.7. The molecule has 1 atom stereocenters. The van der Waals surface area contributed by atoms with Crippen molar-refractivity contribution >= 4 is 0 Å². The molecule has 0 amide bonds. The molecule has 2 nitrogen and oxygen atoms in total. The number of nitrogens with two attached hydrogens (primary N) is 1. The van der Waals surface area contributed by atoms with Crippen molar-refractivity contribution in [3.63, 3.8) is 0 Å². The summed E-state index contributed by atoms with van der Waals surface area (Å²) >= 11 is 0. The Morgan fingerprint density at radius 3 is 2.56 bits per heavy atom. The maximum absolute atomic E-state index is 13.8. The summed E-state index contributed by atoms with van der Waals surface area (Å²) in [5.74, 6) is 1.13. The van der Waals surface area contributed by atoms with Crippen molar-refractivity contribution in [2.75, 3.05) is 0 Å². The highest BCUT2D eigenvalue weighted by molar-refractivity contribution is 5.37. The third-order valence-corrected chi connectivity index (χ3v) is 3.72. The molecule has 1 aromatic rings. The van der Waals surface area contributed by atoms with E-state index in [0.29, 0.717) is 11.3 Å². The van der Waals surface area contributed by atoms with E-state index in [9.17, 15) is 4.39 Å². The highest BCUT2D eigenvalue weighted by Crippen LogP contribution is 2.31. The second-order valence-electron chi connectivity index (χ2n) is 5.44. The lowest BCUT2D eigenvalue weighted by Crippen LogP contribution is -2.24. The summed E-state index contributed by atoms with van der Waals surface area (Å²) in [6.07, 6.45) is 4.69. The van der Waals surface area contributed by atoms with Gasteiger partial charge in [-0.2, -0.15) is 0 Å². The lowest BCUT2D eigenvalue weighted by Gasteiger charge is -2.28. The Labute approximate surface area is 108 Å². The fourth-order valence-electron chi connectivity index (χ4n) is 2.59. The van der Waals surface area contributed by atoms with Crippen molar-refractivity contribution in [2.24, 2.45) is 11.7 Å². The van der Waals surface area contributed by atoms with Gasteiger partial charge in [-0.3, -0.25) is 0 Å². The van der Waals surface area contributed by atoms with E-state index in [0.717, 1.165) is 18.8 Å². The average molecular weight is 251 g/mol. The molecule has 0 aromatic heterocycles. The van der Waals surface area contributed by atoms with Crippen LogP contribution in [0.1, 0.15) is 51.1 Å². The van der Waals surface area contributed by atoms with Crippen molar-refractivity contribution < 1.29 is 9.13 Å². The molecule has 2 rings (SSSR count). The first-order chi connectivity index (χ1) is 8.58. The minimum atomic E-state index is -0.344. The second-order valence-corrected chi connectivity index (χ2v) is 5.44. The number of halogens is 1. The fraction of sp³-hybridized carbons (Fsp3) is 0.600. The quantitative estimate of drug-likeness (QED) is 0.886. The van der Waals surface area contributed by atoms with E-state index >= 15 is 0 Å². The highest BCUT2D eigenvalue weighted by Gasteiger charge is 2.22. The summed E-state index contributed by atoms with van der Waals surface area (Å²) in [5, 5.41) is 0. The molecule has 100 valence electrons. The Bertz CT molecular complexity index is 397. The second kappa shape index (κ2) is 5.70. The third-order valence-electron chi connectivity index (χ3n) is 3.72. The van der Waals surface area contributed by atoms with Crippen LogP contribution in [-0.2, 0) is 0 Å². The van der Waals surface area contributed by atoms with Gasteiger partial charge in [-0.25, -0.2) is 4.39 Å². The van der Waals surface area contributed by atoms with Crippen LogP contribution in [0.2, 0.25) is 0 Å². The number of hydrogen-bond donors (Lipinski definition) is 1. The number of benzene rings is 1. The molecule has 0 aliphatic heterocycles. The standard InChI is InChI=1S/C15H22FNO/c1-10-6-8-12(9-7-10)18-14-5-3-4-13(16)15(14)11(2)17/h3-5,10-12H,6-9,17H2,1-2H3/t10?,11-,12?/m0/s1. The number of rotatable bonds is 3. The normalized spacial score (nSPS) is 25.8. The highest BCUT2D eigenvalue weighted by atomic mass is 19.1. The maximum Gasteiger partial charge on any atom is 0.131 e. The summed E-state index contributed by atoms with van der Waals surface area (Å²) in [6.45, 7) is 4.06. The van der Waals surface area contributed by atoms with Gasteiger partial charge in [-0.05, 0) is 50.7 Å². The Balaban J connectivity index is 2.11. The molecular formula is C15H22FNO. The molecule has 0 bridgehead atoms. The molecular weight excluding hydrogens is 229 g/mol. The van der Waals surface area contributed by atoms with E-state index in [-0.39, 0.29) is 18.0 Å². The van der Waals surface area contributed by atoms with E-state index in [1.54, 1.807) is 13.0 Å². The van der Waals surface area contributed by atoms with Gasteiger partial charge in [-0.15, -0.1) is 0 Å². The van der Waals surface area contributed by atoms with Gasteiger partial charge in [0.25, 0.3) is 0 Å². The Kier molecular flexibility index (Phi) is 4.23. The predicted octanol–water partition coefficient (Wildman–Crippen LogP) is 3.80. The van der Waals surface area contributed by atoms with Crippen LogP contribution < -0.4 is 10.5 Å². The average Bonchev–Trinajstić information content (AvgIpc) is 2.32. The van der Waals surface area contributed by atoms with Gasteiger partial charge >= 0.3 is 0 Å². The number of hydrogen-bond acceptors (Lipinski definition) is 2. The maximum atomic E-state index is 13.8. The molecule has 0 saturated heterocycles. The van der Waals surface area contributed by atoms with Crippen LogP contribution in [-0.4, -0.2) is 6.10 Å². The Hall–Kier alpha value is -1.09. The summed E-state index contributed by atoms with van der Waals surface area (Å²) in [7, 11) is 0. The Morgan fingerprint density at radius 1 is 1.28 bits per heavy atom. The third kappa shape index (κ3) is 3.02. The SMILES string of the molecule is CC1CCC(Oc2cccc(F)c2[C@H](C)N)CC1. The molecule has 3 heteroatoms. The van der Waals surface area contributed by atoms with Gasteiger partial charge in [0, 0.05) is 11.6 Å². The zero-order chi connectivity index (χ0) is 13.1. The van der Waals surface area contributed by atoms with Crippen molar-refractivity contribution in [3.8, 4) is 5.75 Å². The van der Waals surface area contributed by atoms with Crippen LogP contribution in [0.4, 0.5) is 4.39 Å². The number of ether oxygens (including phenoxy) is 1. The van der Waals surface area contributed by atoms with Gasteiger partial charge in [-0.1, -0.05) is 13.0 Å². The zero-order valence-electron chi connectivity index (χ0n) is 11.2. The summed E-state index contributed by atoms with van der Waals surface area (Å²) in [5.41, 5.74) is 6.32. The smallest absolute Gasteiger partial charge is 0.131 e. The predicted molar refractivity (Wildman–Crippen MR) is 71.1 cm³/mol. The summed E-state index contributed by atoms with van der Waals surface area (Å²) in [6, 6.07) is 4.60. The van der Waals surface area contributed by atoms with Gasteiger partial charge < -0.3 is 10.5 Å². The molecule has 0 spiro atoms. The lowest BCUT2D eigenvalue weighted by atomic mass is 9.89. The molecule has 0 heterocycles. The van der Waals surface area contributed by atoms with Gasteiger partial charge in [0.15, 0.2) is 0 Å². The molecule has 0 radical (unpaired) electrons. The van der Waals surface area contributed by atoms with Crippen molar-refractivity contribution in [1.29, 1.82) is 0 Å². The van der Waals surface area contributed by atoms with Crippen LogP contribution in [0, 0.1) is 11.7 Å². The molecule has 1 saturated carbocycles. The molecule has 18 heavy (non-hydrogen) atoms. The first-order valence-electron chi connectivity index (χ1n) is 6.78. The largest absolute Gasteiger partial charge is 0.490 e. The molecule has 2 N–H and O–H groups in total. The van der Waals surface area contributed by atoms with E-state index in [1.807, 2.05) is 6.07 Å². The molecule has 0 unspecified atom stereocenters. The van der Waals surface area contributed by atoms with Crippen molar-refractivity contribution in [1.82, 2.24) is 0 Å². The summed E-state index contributed by atoms with van der Waals surface area (Å²) in [4.78, 5) is 0. The van der Waals surface area contributed by atoms with Crippen LogP contribution in [0.3, 0.4) is 0 Å². The van der Waals surface area contributed by atoms with Crippen LogP contribution in [0.15, 0.2) is 18.2 Å². The first-order valence-corrected chi connectivity index (χ1v) is 6.78. The fourth-order valence-corrected chi connectivity index (χ4v) is 2.59. The molecule has 1 aliphatic rings. The molecule has 1 fully saturated rings. The molecule has 1 aliphatic carbocycles. The Morgan fingerprint density at radius 2 is 1.94 bits per heavy atom. The van der Waals surface area contributed by atoms with Crippen LogP contribution in [0.5, 0.6) is 5.75 Å². The molecule has 1 aromatic carbocycles. The first kappa shape index (κ1) is 13.3. The van der Waals surface area contributed by atoms with E-state index < -0.39 is 0 Å². The van der Waals surface area contributed by atoms with Gasteiger partial charge in [0.1, 0.15) is 11.6 Å². The van der Waals surface area contributed by atoms with Crippen molar-refractivity contribution in [2.45, 2.75) is 51.7 Å². The van der Waals surface area contributed by atoms with E-state index in [4.69, 9.17) is 10.5 Å². The zero-order valence-corrected chi connectivity index (χ0v) is 11.2. The monoisotopic (exact) mass is 251 g/mol. The lowest BCUT2D eigenvalue weighted by molar-refractivity contribution is 0.133. The van der Waals surface area contributed by atoms with Gasteiger partial charge in [0.05, 0.1) is 6.10 Å². The minimum Gasteiger partial charge on any atom is -0.490 e. The van der Waals surface area contributed by atoms with Gasteiger partial charge in [0.2, 0.25) is 0 Å². The van der Waals surface area contributed by atoms with E-state index in [1.165, 1.54) is 18.9 Å². The van der Waals surface area contributed by atoms with Crippen LogP contribution >= 0.6 is 0 Å². The minimum absolute atomic E-state index is 0.209.